The number of hydrogen-bond donors (Lipinski definition) is 1. The minimum Gasteiger partial charge on any atom is -0.368 e. The van der Waals surface area contributed by atoms with Crippen molar-refractivity contribution >= 4 is 34.5 Å². The molecule has 1 saturated heterocycles. The van der Waals surface area contributed by atoms with E-state index in [1.54, 1.807) is 28.5 Å². The lowest BCUT2D eigenvalue weighted by atomic mass is 10.2. The first kappa shape index (κ1) is 19.0. The molecular weight excluding hydrogens is 393 g/mol. The van der Waals surface area contributed by atoms with E-state index in [1.807, 2.05) is 0 Å². The molecule has 3 aromatic rings. The van der Waals surface area contributed by atoms with Gasteiger partial charge in [0.1, 0.15) is 16.4 Å². The van der Waals surface area contributed by atoms with Crippen LogP contribution in [-0.4, -0.2) is 52.9 Å². The lowest BCUT2D eigenvalue weighted by Gasteiger charge is -2.36. The summed E-state index contributed by atoms with van der Waals surface area (Å²) in [7, 11) is 0. The number of halogens is 1. The first-order valence-corrected chi connectivity index (χ1v) is 9.94. The topological polar surface area (TPSA) is 78.4 Å². The van der Waals surface area contributed by atoms with Gasteiger partial charge in [-0.3, -0.25) is 14.6 Å². The fourth-order valence-electron chi connectivity index (χ4n) is 3.14. The number of nitrogens with zero attached hydrogens (tertiary/aromatic N) is 4. The minimum absolute atomic E-state index is 0.117. The molecule has 0 saturated carbocycles. The quantitative estimate of drug-likeness (QED) is 0.714. The second-order valence-electron chi connectivity index (χ2n) is 6.46. The van der Waals surface area contributed by atoms with Crippen molar-refractivity contribution in [3.8, 4) is 0 Å². The van der Waals surface area contributed by atoms with Crippen molar-refractivity contribution in [2.24, 2.45) is 0 Å². The monoisotopic (exact) mass is 411 g/mol. The number of carbonyl (C=O) groups is 2. The Bertz CT molecular complexity index is 1000. The van der Waals surface area contributed by atoms with Gasteiger partial charge >= 0.3 is 0 Å². The molecule has 0 aliphatic carbocycles. The number of carbonyl (C=O) groups excluding carboxylic acids is 2. The molecule has 148 valence electrons. The predicted octanol–water partition coefficient (Wildman–Crippen LogP) is 2.89. The molecule has 0 unspecified atom stereocenters. The predicted molar refractivity (Wildman–Crippen MR) is 109 cm³/mol. The highest BCUT2D eigenvalue weighted by molar-refractivity contribution is 7.12. The zero-order chi connectivity index (χ0) is 20.2. The van der Waals surface area contributed by atoms with Gasteiger partial charge in [0, 0.05) is 44.3 Å². The van der Waals surface area contributed by atoms with Crippen LogP contribution in [0.4, 0.5) is 15.8 Å². The van der Waals surface area contributed by atoms with Crippen LogP contribution in [0, 0.1) is 5.82 Å². The number of rotatable bonds is 4. The van der Waals surface area contributed by atoms with Gasteiger partial charge in [0.2, 0.25) is 0 Å². The second kappa shape index (κ2) is 8.36. The van der Waals surface area contributed by atoms with Crippen molar-refractivity contribution in [3.63, 3.8) is 0 Å². The summed E-state index contributed by atoms with van der Waals surface area (Å²) in [4.78, 5) is 37.5. The number of hydrogen-bond acceptors (Lipinski definition) is 6. The summed E-state index contributed by atoms with van der Waals surface area (Å²) in [5.41, 5.74) is 1.59. The molecule has 0 spiro atoms. The zero-order valence-electron chi connectivity index (χ0n) is 15.4. The molecule has 1 aromatic carbocycles. The molecular formula is C20H18FN5O2S. The molecule has 1 aliphatic heterocycles. The Morgan fingerprint density at radius 2 is 1.79 bits per heavy atom. The molecule has 2 aromatic heterocycles. The van der Waals surface area contributed by atoms with Crippen molar-refractivity contribution in [3.05, 3.63) is 70.7 Å². The number of piperazine rings is 1. The molecule has 3 heterocycles. The Balaban J connectivity index is 1.40. The van der Waals surface area contributed by atoms with Crippen LogP contribution in [0.1, 0.15) is 20.2 Å². The van der Waals surface area contributed by atoms with Crippen LogP contribution in [0.15, 0.2) is 54.3 Å². The van der Waals surface area contributed by atoms with E-state index in [-0.39, 0.29) is 17.4 Å². The molecule has 1 aliphatic rings. The third kappa shape index (κ3) is 4.24. The van der Waals surface area contributed by atoms with Gasteiger partial charge in [-0.2, -0.15) is 0 Å². The smallest absolute Gasteiger partial charge is 0.275 e. The Labute approximate surface area is 170 Å². The summed E-state index contributed by atoms with van der Waals surface area (Å²) < 4.78 is 13.1. The molecule has 0 atom stereocenters. The molecule has 9 heteroatoms. The highest BCUT2D eigenvalue weighted by Crippen LogP contribution is 2.26. The Morgan fingerprint density at radius 1 is 1.03 bits per heavy atom. The first-order valence-electron chi connectivity index (χ1n) is 9.06. The summed E-state index contributed by atoms with van der Waals surface area (Å²) in [6.07, 6.45) is 4.30. The molecule has 0 radical (unpaired) electrons. The molecule has 2 amide bonds. The van der Waals surface area contributed by atoms with Crippen LogP contribution in [0.25, 0.3) is 0 Å². The van der Waals surface area contributed by atoms with E-state index in [9.17, 15) is 14.0 Å². The number of nitrogens with one attached hydrogen (secondary N) is 1. The van der Waals surface area contributed by atoms with Gasteiger partial charge in [0.15, 0.2) is 0 Å². The van der Waals surface area contributed by atoms with E-state index in [0.717, 1.165) is 5.69 Å². The number of amides is 2. The van der Waals surface area contributed by atoms with E-state index in [0.29, 0.717) is 36.7 Å². The van der Waals surface area contributed by atoms with Gasteiger partial charge in [-0.1, -0.05) is 0 Å². The maximum absolute atomic E-state index is 13.1. The average Bonchev–Trinajstić information content (AvgIpc) is 3.22. The third-order valence-corrected chi connectivity index (χ3v) is 5.56. The highest BCUT2D eigenvalue weighted by atomic mass is 32.1. The molecule has 4 rings (SSSR count). The lowest BCUT2D eigenvalue weighted by Crippen LogP contribution is -2.48. The standard InChI is InChI=1S/C20H18FN5O2S/c21-14-1-3-15(4-2-14)25-8-10-26(11-9-25)20(28)18-16(5-12-29-18)24-19(27)17-13-22-6-7-23-17/h1-7,12-13H,8-11H2,(H,24,27). The Hall–Kier alpha value is -3.33. The Kier molecular flexibility index (Phi) is 5.48. The molecule has 29 heavy (non-hydrogen) atoms. The Morgan fingerprint density at radius 3 is 2.48 bits per heavy atom. The van der Waals surface area contributed by atoms with Crippen molar-refractivity contribution in [2.45, 2.75) is 0 Å². The van der Waals surface area contributed by atoms with Crippen LogP contribution in [0.2, 0.25) is 0 Å². The molecule has 1 fully saturated rings. The van der Waals surface area contributed by atoms with E-state index in [1.165, 1.54) is 42.1 Å². The summed E-state index contributed by atoms with van der Waals surface area (Å²) in [5.74, 6) is -0.795. The largest absolute Gasteiger partial charge is 0.368 e. The van der Waals surface area contributed by atoms with E-state index in [4.69, 9.17) is 0 Å². The number of benzene rings is 1. The summed E-state index contributed by atoms with van der Waals surface area (Å²) in [6, 6.07) is 8.06. The second-order valence-corrected chi connectivity index (χ2v) is 7.38. The van der Waals surface area contributed by atoms with Gasteiger partial charge in [-0.25, -0.2) is 9.37 Å². The van der Waals surface area contributed by atoms with Crippen LogP contribution in [0.3, 0.4) is 0 Å². The number of anilines is 2. The minimum atomic E-state index is -0.410. The van der Waals surface area contributed by atoms with E-state index < -0.39 is 5.91 Å². The van der Waals surface area contributed by atoms with Crippen molar-refractivity contribution in [2.75, 3.05) is 36.4 Å². The van der Waals surface area contributed by atoms with Crippen molar-refractivity contribution in [1.29, 1.82) is 0 Å². The maximum atomic E-state index is 13.1. The number of thiophene rings is 1. The SMILES string of the molecule is O=C(Nc1ccsc1C(=O)N1CCN(c2ccc(F)cc2)CC1)c1cnccn1. The molecule has 0 bridgehead atoms. The van der Waals surface area contributed by atoms with Gasteiger partial charge in [-0.05, 0) is 35.7 Å². The first-order chi connectivity index (χ1) is 14.1. The zero-order valence-corrected chi connectivity index (χ0v) is 16.2. The lowest BCUT2D eigenvalue weighted by molar-refractivity contribution is 0.0752. The van der Waals surface area contributed by atoms with Crippen LogP contribution in [0.5, 0.6) is 0 Å². The van der Waals surface area contributed by atoms with Gasteiger partial charge in [0.05, 0.1) is 11.9 Å². The van der Waals surface area contributed by atoms with E-state index in [2.05, 4.69) is 20.2 Å². The van der Waals surface area contributed by atoms with E-state index >= 15 is 0 Å². The van der Waals surface area contributed by atoms with Gasteiger partial charge in [-0.15, -0.1) is 11.3 Å². The summed E-state index contributed by atoms with van der Waals surface area (Å²) >= 11 is 1.29. The highest BCUT2D eigenvalue weighted by Gasteiger charge is 2.25. The maximum Gasteiger partial charge on any atom is 0.275 e. The fraction of sp³-hybridized carbons (Fsp3) is 0.200. The van der Waals surface area contributed by atoms with Crippen LogP contribution in [-0.2, 0) is 0 Å². The van der Waals surface area contributed by atoms with Crippen LogP contribution >= 0.6 is 11.3 Å². The molecule has 7 nitrogen and oxygen atoms in total. The van der Waals surface area contributed by atoms with Gasteiger partial charge < -0.3 is 15.1 Å². The normalized spacial score (nSPS) is 14.0. The molecule has 1 N–H and O–H groups in total. The average molecular weight is 411 g/mol. The third-order valence-electron chi connectivity index (χ3n) is 4.66. The van der Waals surface area contributed by atoms with Crippen molar-refractivity contribution < 1.29 is 14.0 Å². The van der Waals surface area contributed by atoms with Crippen molar-refractivity contribution in [1.82, 2.24) is 14.9 Å². The van der Waals surface area contributed by atoms with Crippen LogP contribution < -0.4 is 10.2 Å². The fourth-order valence-corrected chi connectivity index (χ4v) is 3.96. The van der Waals surface area contributed by atoms with Gasteiger partial charge in [0.25, 0.3) is 11.8 Å². The summed E-state index contributed by atoms with van der Waals surface area (Å²) in [5, 5.41) is 4.51. The summed E-state index contributed by atoms with van der Waals surface area (Å²) in [6.45, 7) is 2.41. The number of aromatic nitrogens is 2.